The molecule has 0 bridgehead atoms. The lowest BCUT2D eigenvalue weighted by atomic mass is 9.73. The minimum Gasteiger partial charge on any atom is -0.483 e. The van der Waals surface area contributed by atoms with Gasteiger partial charge in [0.15, 0.2) is 0 Å². The highest BCUT2D eigenvalue weighted by Crippen LogP contribution is 2.35. The van der Waals surface area contributed by atoms with Crippen LogP contribution < -0.4 is 0 Å². The molecule has 5 N–H and O–H groups in total. The van der Waals surface area contributed by atoms with Crippen LogP contribution in [-0.4, -0.2) is 73.4 Å². The molecule has 10 nitrogen and oxygen atoms in total. The van der Waals surface area contributed by atoms with Crippen LogP contribution in [0.25, 0.3) is 0 Å². The van der Waals surface area contributed by atoms with Crippen molar-refractivity contribution >= 4 is 18.9 Å². The first-order valence-electron chi connectivity index (χ1n) is 10.3. The number of benzene rings is 1. The Morgan fingerprint density at radius 2 is 1.97 bits per heavy atom. The fraction of sp³-hybridized carbons (Fsp3) is 0.455. The maximum Gasteiger partial charge on any atom is 0.313 e. The summed E-state index contributed by atoms with van der Waals surface area (Å²) in [6, 6.07) is 5.92. The molecular formula is C22H30FN3O7. The van der Waals surface area contributed by atoms with Gasteiger partial charge in [-0.3, -0.25) is 19.3 Å². The third-order valence-electron chi connectivity index (χ3n) is 5.44. The van der Waals surface area contributed by atoms with Gasteiger partial charge in [-0.2, -0.15) is 0 Å². The minimum absolute atomic E-state index is 0.0809. The molecule has 0 saturated carbocycles. The Bertz CT molecular complexity index is 915. The van der Waals surface area contributed by atoms with E-state index < -0.39 is 23.3 Å². The molecule has 1 aliphatic heterocycles. The van der Waals surface area contributed by atoms with Crippen LogP contribution in [0.1, 0.15) is 36.1 Å². The predicted molar refractivity (Wildman–Crippen MR) is 116 cm³/mol. The Labute approximate surface area is 190 Å². The highest BCUT2D eigenvalue weighted by molar-refractivity contribution is 5.76. The molecule has 0 radical (unpaired) electrons. The molecule has 0 spiro atoms. The average molecular weight is 467 g/mol. The van der Waals surface area contributed by atoms with Gasteiger partial charge in [-0.25, -0.2) is 9.37 Å². The molecule has 1 saturated heterocycles. The number of hydrogen-bond donors (Lipinski definition) is 5. The summed E-state index contributed by atoms with van der Waals surface area (Å²) in [6.07, 6.45) is 0.252. The number of nitrogens with zero attached hydrogens (tertiary/aromatic N) is 2. The number of H-pyrrole nitrogens is 1. The summed E-state index contributed by atoms with van der Waals surface area (Å²) in [5.41, 5.74) is 1.07. The number of hydrogen-bond acceptors (Lipinski definition) is 6. The highest BCUT2D eigenvalue weighted by atomic mass is 19.1. The van der Waals surface area contributed by atoms with E-state index in [9.17, 15) is 19.4 Å². The fourth-order valence-electron chi connectivity index (χ4n) is 3.87. The summed E-state index contributed by atoms with van der Waals surface area (Å²) >= 11 is 0. The van der Waals surface area contributed by atoms with Crippen molar-refractivity contribution in [3.05, 3.63) is 52.9 Å². The Kier molecular flexibility index (Phi) is 11.2. The van der Waals surface area contributed by atoms with E-state index in [-0.39, 0.29) is 25.9 Å². The molecular weight excluding hydrogens is 437 g/mol. The summed E-state index contributed by atoms with van der Waals surface area (Å²) in [5, 5.41) is 34.3. The van der Waals surface area contributed by atoms with Crippen LogP contribution in [0.4, 0.5) is 4.39 Å². The molecule has 11 heteroatoms. The van der Waals surface area contributed by atoms with Crippen molar-refractivity contribution in [2.75, 3.05) is 13.1 Å². The number of carboxylic acids is 1. The van der Waals surface area contributed by atoms with Crippen LogP contribution in [0, 0.1) is 18.2 Å². The number of aliphatic hydroxyl groups is 1. The molecule has 0 aliphatic carbocycles. The molecule has 1 aliphatic rings. The molecule has 33 heavy (non-hydrogen) atoms. The minimum atomic E-state index is -1.37. The van der Waals surface area contributed by atoms with Gasteiger partial charge in [0, 0.05) is 31.7 Å². The summed E-state index contributed by atoms with van der Waals surface area (Å²) < 4.78 is 13.6. The van der Waals surface area contributed by atoms with E-state index in [1.54, 1.807) is 12.1 Å². The van der Waals surface area contributed by atoms with Crippen LogP contribution in [0.5, 0.6) is 0 Å². The smallest absolute Gasteiger partial charge is 0.313 e. The second-order valence-electron chi connectivity index (χ2n) is 7.60. The van der Waals surface area contributed by atoms with E-state index >= 15 is 0 Å². The van der Waals surface area contributed by atoms with E-state index in [0.717, 1.165) is 23.6 Å². The van der Waals surface area contributed by atoms with Gasteiger partial charge >= 0.3 is 5.97 Å². The molecule has 182 valence electrons. The molecule has 2 heterocycles. The molecule has 1 aromatic carbocycles. The molecule has 2 aromatic rings. The molecule has 0 unspecified atom stereocenters. The van der Waals surface area contributed by atoms with Gasteiger partial charge in [0.05, 0.1) is 11.8 Å². The summed E-state index contributed by atoms with van der Waals surface area (Å²) in [6.45, 7) is 4.78. The lowest BCUT2D eigenvalue weighted by molar-refractivity contribution is -0.163. The number of piperidine rings is 1. The van der Waals surface area contributed by atoms with Gasteiger partial charge in [0.25, 0.3) is 12.9 Å². The number of aromatic amines is 1. The molecule has 3 rings (SSSR count). The van der Waals surface area contributed by atoms with Crippen molar-refractivity contribution in [2.24, 2.45) is 5.41 Å². The first-order valence-corrected chi connectivity index (χ1v) is 10.3. The number of halogens is 1. The number of likely N-dealkylation sites (tertiary alicyclic amines) is 1. The average Bonchev–Trinajstić information content (AvgIpc) is 3.11. The number of aryl methyl sites for hydroxylation is 2. The zero-order chi connectivity index (χ0) is 25.0. The van der Waals surface area contributed by atoms with Crippen molar-refractivity contribution in [2.45, 2.75) is 45.8 Å². The molecule has 1 aromatic heterocycles. The first-order chi connectivity index (χ1) is 15.7. The number of aliphatic carboxylic acids is 1. The summed E-state index contributed by atoms with van der Waals surface area (Å²) in [4.78, 5) is 38.7. The largest absolute Gasteiger partial charge is 0.483 e. The first kappa shape index (κ1) is 27.7. The lowest BCUT2D eigenvalue weighted by Gasteiger charge is -2.43. The van der Waals surface area contributed by atoms with Crippen molar-refractivity contribution in [1.29, 1.82) is 0 Å². The SMILES string of the molecule is CCc1nc(CN2CC[C@@H](O)[C@](Cc3cccc(F)c3)(C(=O)O)C2)c(C)[nH]1.O=CO.O=CO. The molecule has 1 fully saturated rings. The number of carboxylic acid groups (broad SMARTS) is 3. The van der Waals surface area contributed by atoms with Gasteiger partial charge in [-0.05, 0) is 37.5 Å². The van der Waals surface area contributed by atoms with Gasteiger partial charge in [0.1, 0.15) is 17.1 Å². The van der Waals surface area contributed by atoms with Crippen molar-refractivity contribution in [3.8, 4) is 0 Å². The number of nitrogens with one attached hydrogen (secondary N) is 1. The zero-order valence-corrected chi connectivity index (χ0v) is 18.6. The Morgan fingerprint density at radius 1 is 1.33 bits per heavy atom. The predicted octanol–water partition coefficient (Wildman–Crippen LogP) is 1.70. The Hall–Kier alpha value is -3.31. The van der Waals surface area contributed by atoms with Crippen LogP contribution >= 0.6 is 0 Å². The number of aliphatic hydroxyl groups excluding tert-OH is 1. The molecule has 2 atom stereocenters. The van der Waals surface area contributed by atoms with Gasteiger partial charge in [-0.1, -0.05) is 19.1 Å². The third kappa shape index (κ3) is 7.65. The molecule has 0 amide bonds. The standard InChI is InChI=1S/C20H26FN3O3.2CH2O2/c1-3-18-22-13(2)16(23-18)11-24-8-7-17(25)20(12-24,19(26)27)10-14-5-4-6-15(21)9-14;2*2-1-3/h4-6,9,17,25H,3,7-8,10-12H2,1-2H3,(H,22,23)(H,26,27);2*1H,(H,2,3)/t17-,20-;;/m1../s1. The number of imidazole rings is 1. The monoisotopic (exact) mass is 467 g/mol. The van der Waals surface area contributed by atoms with Crippen LogP contribution in [0.15, 0.2) is 24.3 Å². The quantitative estimate of drug-likeness (QED) is 0.398. The second-order valence-corrected chi connectivity index (χ2v) is 7.60. The van der Waals surface area contributed by atoms with Crippen molar-refractivity contribution in [3.63, 3.8) is 0 Å². The van der Waals surface area contributed by atoms with Gasteiger partial charge < -0.3 is 25.4 Å². The van der Waals surface area contributed by atoms with Crippen LogP contribution in [0.3, 0.4) is 0 Å². The number of carbonyl (C=O) groups is 3. The number of rotatable bonds is 6. The maximum atomic E-state index is 13.6. The van der Waals surface area contributed by atoms with Gasteiger partial charge in [0.2, 0.25) is 0 Å². The summed E-state index contributed by atoms with van der Waals surface area (Å²) in [5.74, 6) is -0.560. The summed E-state index contributed by atoms with van der Waals surface area (Å²) in [7, 11) is 0. The zero-order valence-electron chi connectivity index (χ0n) is 18.6. The van der Waals surface area contributed by atoms with Crippen LogP contribution in [-0.2, 0) is 33.8 Å². The number of aromatic nitrogens is 2. The van der Waals surface area contributed by atoms with E-state index in [4.69, 9.17) is 19.8 Å². The highest BCUT2D eigenvalue weighted by Gasteiger charge is 2.49. The second kappa shape index (κ2) is 13.3. The van der Waals surface area contributed by atoms with E-state index in [2.05, 4.69) is 9.97 Å². The third-order valence-corrected chi connectivity index (χ3v) is 5.44. The van der Waals surface area contributed by atoms with Crippen molar-refractivity contribution < 1.29 is 39.2 Å². The van der Waals surface area contributed by atoms with E-state index in [0.29, 0.717) is 25.1 Å². The van der Waals surface area contributed by atoms with E-state index in [1.807, 2.05) is 18.7 Å². The normalized spacial score (nSPS) is 19.9. The van der Waals surface area contributed by atoms with Crippen molar-refractivity contribution in [1.82, 2.24) is 14.9 Å². The van der Waals surface area contributed by atoms with E-state index in [1.165, 1.54) is 12.1 Å². The Morgan fingerprint density at radius 3 is 2.48 bits per heavy atom. The fourth-order valence-corrected chi connectivity index (χ4v) is 3.87. The van der Waals surface area contributed by atoms with Gasteiger partial charge in [-0.15, -0.1) is 0 Å². The lowest BCUT2D eigenvalue weighted by Crippen LogP contribution is -2.56. The van der Waals surface area contributed by atoms with Crippen LogP contribution in [0.2, 0.25) is 0 Å². The topological polar surface area (TPSA) is 164 Å². The Balaban J connectivity index is 0.000000819. The maximum absolute atomic E-state index is 13.6.